The molecule has 0 aromatic rings. The van der Waals surface area contributed by atoms with E-state index in [1.807, 2.05) is 0 Å². The van der Waals surface area contributed by atoms with E-state index in [1.54, 1.807) is 0 Å². The third-order valence-corrected chi connectivity index (χ3v) is 12.7. The van der Waals surface area contributed by atoms with Gasteiger partial charge in [0.2, 0.25) is 0 Å². The minimum Gasteiger partial charge on any atom is -0.427 e. The second-order valence-electron chi connectivity index (χ2n) is 14.7. The van der Waals surface area contributed by atoms with Gasteiger partial charge in [0.05, 0.1) is 17.2 Å². The maximum Gasteiger partial charge on any atom is 0.340 e. The third-order valence-electron chi connectivity index (χ3n) is 12.7. The molecular weight excluding hydrogens is 582 g/mol. The number of nitrogens with two attached hydrogens (primary N) is 1. The quantitative estimate of drug-likeness (QED) is 0.320. The average Bonchev–Trinajstić information content (AvgIpc) is 3.68. The molecule has 1 spiro atoms. The van der Waals surface area contributed by atoms with Gasteiger partial charge < -0.3 is 20.5 Å². The molecule has 46 heavy (non-hydrogen) atoms. The molecule has 2 amide bonds. The van der Waals surface area contributed by atoms with Crippen molar-refractivity contribution in [1.82, 2.24) is 10.2 Å². The molecule has 2 saturated heterocycles. The fourth-order valence-corrected chi connectivity index (χ4v) is 11.1. The Labute approximate surface area is 270 Å². The summed E-state index contributed by atoms with van der Waals surface area (Å²) in [5.41, 5.74) is 9.49. The lowest BCUT2D eigenvalue weighted by molar-refractivity contribution is -0.143. The molecule has 4 fully saturated rings. The number of piperidine rings is 1. The summed E-state index contributed by atoms with van der Waals surface area (Å²) in [6, 6.07) is -0.353. The van der Waals surface area contributed by atoms with E-state index in [0.717, 1.165) is 87.5 Å². The molecule has 2 saturated carbocycles. The number of allylic oxidation sites excluding steroid dienone is 4. The van der Waals surface area contributed by atoms with Gasteiger partial charge >= 0.3 is 11.9 Å². The molecule has 4 heterocycles. The van der Waals surface area contributed by atoms with Crippen molar-refractivity contribution >= 4 is 23.8 Å². The fourth-order valence-electron chi connectivity index (χ4n) is 11.1. The number of ether oxygens (including phenoxy) is 2. The number of nitrogens with one attached hydrogen (secondary N) is 1. The number of nitrogens with zero attached hydrogens (tertiary/aromatic N) is 1. The maximum absolute atomic E-state index is 14.4. The first-order chi connectivity index (χ1) is 22.3. The van der Waals surface area contributed by atoms with E-state index in [9.17, 15) is 19.2 Å². The second kappa shape index (κ2) is 11.2. The Kier molecular flexibility index (Phi) is 7.29. The van der Waals surface area contributed by atoms with Gasteiger partial charge in [-0.2, -0.15) is 0 Å². The van der Waals surface area contributed by atoms with Gasteiger partial charge in [0.1, 0.15) is 11.5 Å². The minimum atomic E-state index is -0.759. The van der Waals surface area contributed by atoms with Crippen molar-refractivity contribution in [1.29, 1.82) is 0 Å². The first kappa shape index (κ1) is 30.1. The summed E-state index contributed by atoms with van der Waals surface area (Å²) in [6.45, 7) is 4.97. The summed E-state index contributed by atoms with van der Waals surface area (Å²) in [6.07, 6.45) is 15.8. The number of hydrogen-bond acceptors (Lipinski definition) is 8. The van der Waals surface area contributed by atoms with Gasteiger partial charge in [-0.05, 0) is 106 Å². The van der Waals surface area contributed by atoms with Crippen molar-refractivity contribution in [3.8, 4) is 0 Å². The zero-order valence-corrected chi connectivity index (χ0v) is 26.9. The molecule has 244 valence electrons. The van der Waals surface area contributed by atoms with Crippen LogP contribution in [-0.4, -0.2) is 47.4 Å². The average molecular weight is 628 g/mol. The number of imide groups is 1. The molecule has 3 N–H and O–H groups in total. The first-order valence-electron chi connectivity index (χ1n) is 17.7. The lowest BCUT2D eigenvalue weighted by atomic mass is 9.42. The van der Waals surface area contributed by atoms with Crippen LogP contribution in [-0.2, 0) is 28.7 Å². The molecule has 0 aromatic carbocycles. The van der Waals surface area contributed by atoms with Crippen LogP contribution in [0.1, 0.15) is 84.5 Å². The van der Waals surface area contributed by atoms with Crippen LogP contribution >= 0.6 is 0 Å². The molecule has 9 nitrogen and oxygen atoms in total. The molecule has 4 aliphatic heterocycles. The van der Waals surface area contributed by atoms with Crippen molar-refractivity contribution in [3.63, 3.8) is 0 Å². The third kappa shape index (κ3) is 4.06. The smallest absolute Gasteiger partial charge is 0.340 e. The van der Waals surface area contributed by atoms with E-state index >= 15 is 0 Å². The lowest BCUT2D eigenvalue weighted by Gasteiger charge is -2.60. The van der Waals surface area contributed by atoms with E-state index in [-0.39, 0.29) is 71.5 Å². The number of unbranched alkanes of at least 4 members (excludes halogenated alkanes) is 2. The Balaban J connectivity index is 1.35. The monoisotopic (exact) mass is 627 g/mol. The number of amides is 2. The van der Waals surface area contributed by atoms with E-state index in [1.165, 1.54) is 17.1 Å². The van der Waals surface area contributed by atoms with E-state index in [2.05, 4.69) is 31.3 Å². The predicted octanol–water partition coefficient (Wildman–Crippen LogP) is 4.71. The predicted molar refractivity (Wildman–Crippen MR) is 169 cm³/mol. The van der Waals surface area contributed by atoms with Crippen LogP contribution in [0.2, 0.25) is 0 Å². The second-order valence-corrected chi connectivity index (χ2v) is 14.7. The van der Waals surface area contributed by atoms with Crippen molar-refractivity contribution in [3.05, 3.63) is 58.1 Å². The van der Waals surface area contributed by atoms with Gasteiger partial charge in [-0.1, -0.05) is 26.7 Å². The molecule has 0 radical (unpaired) electrons. The van der Waals surface area contributed by atoms with Gasteiger partial charge in [0.25, 0.3) is 11.8 Å². The summed E-state index contributed by atoms with van der Waals surface area (Å²) in [5, 5.41) is 3.46. The van der Waals surface area contributed by atoms with Crippen molar-refractivity contribution < 1.29 is 28.7 Å². The van der Waals surface area contributed by atoms with Crippen LogP contribution in [0.15, 0.2) is 58.1 Å². The summed E-state index contributed by atoms with van der Waals surface area (Å²) < 4.78 is 12.3. The number of fused-ring (bicyclic) bond motifs is 2. The van der Waals surface area contributed by atoms with Crippen LogP contribution in [0, 0.1) is 40.9 Å². The number of rotatable bonds is 6. The Bertz CT molecular complexity index is 1550. The number of esters is 2. The Morgan fingerprint density at radius 2 is 1.67 bits per heavy atom. The molecule has 9 unspecified atom stereocenters. The van der Waals surface area contributed by atoms with Crippen molar-refractivity contribution in [2.75, 3.05) is 6.54 Å². The van der Waals surface area contributed by atoms with E-state index < -0.39 is 5.41 Å². The molecule has 9 heteroatoms. The highest BCUT2D eigenvalue weighted by atomic mass is 16.5. The Hall–Kier alpha value is -3.30. The minimum absolute atomic E-state index is 0.0450. The van der Waals surface area contributed by atoms with E-state index in [0.29, 0.717) is 23.5 Å². The summed E-state index contributed by atoms with van der Waals surface area (Å²) in [4.78, 5) is 56.2. The van der Waals surface area contributed by atoms with Crippen LogP contribution in [0.25, 0.3) is 0 Å². The number of hydrogen-bond donors (Lipinski definition) is 2. The molecular formula is C37H45N3O6. The van der Waals surface area contributed by atoms with Gasteiger partial charge in [-0.25, -0.2) is 9.59 Å². The maximum atomic E-state index is 14.4. The highest BCUT2D eigenvalue weighted by Gasteiger charge is 2.70. The van der Waals surface area contributed by atoms with Gasteiger partial charge in [0.15, 0.2) is 0 Å². The van der Waals surface area contributed by atoms with Crippen molar-refractivity contribution in [2.24, 2.45) is 46.7 Å². The van der Waals surface area contributed by atoms with Gasteiger partial charge in [-0.15, -0.1) is 0 Å². The Morgan fingerprint density at radius 1 is 0.913 bits per heavy atom. The summed E-state index contributed by atoms with van der Waals surface area (Å²) in [5.74, 6) is 0.301. The van der Waals surface area contributed by atoms with Crippen LogP contribution < -0.4 is 11.1 Å². The number of carbonyl (C=O) groups is 4. The van der Waals surface area contributed by atoms with Crippen LogP contribution in [0.5, 0.6) is 0 Å². The molecule has 5 aliphatic carbocycles. The lowest BCUT2D eigenvalue weighted by Crippen LogP contribution is -2.62. The largest absolute Gasteiger partial charge is 0.427 e. The zero-order valence-electron chi connectivity index (χ0n) is 26.9. The summed E-state index contributed by atoms with van der Waals surface area (Å²) >= 11 is 0. The topological polar surface area (TPSA) is 128 Å². The molecule has 2 bridgehead atoms. The highest BCUT2D eigenvalue weighted by Crippen LogP contribution is 2.72. The fraction of sp³-hybridized carbons (Fsp3) is 0.622. The molecule has 9 aliphatic rings. The molecule has 9 rings (SSSR count). The van der Waals surface area contributed by atoms with E-state index in [4.69, 9.17) is 15.2 Å². The number of cyclic esters (lactones) is 2. The Morgan fingerprint density at radius 3 is 2.43 bits per heavy atom. The normalized spacial score (nSPS) is 41.3. The number of carbonyl (C=O) groups excluding carboxylic acids is 4. The zero-order chi connectivity index (χ0) is 31.9. The highest BCUT2D eigenvalue weighted by molar-refractivity contribution is 6.13. The molecule has 0 aromatic heterocycles. The van der Waals surface area contributed by atoms with Crippen molar-refractivity contribution in [2.45, 2.75) is 96.7 Å². The summed E-state index contributed by atoms with van der Waals surface area (Å²) in [7, 11) is 0. The van der Waals surface area contributed by atoms with Crippen LogP contribution in [0.3, 0.4) is 0 Å². The van der Waals surface area contributed by atoms with Crippen LogP contribution in [0.4, 0.5) is 0 Å². The van der Waals surface area contributed by atoms with Gasteiger partial charge in [0, 0.05) is 41.2 Å². The molecule has 9 atom stereocenters. The SMILES string of the molecule is CCCC=C1OC(=O)C2=C1CCC1C3CCC4(C(=CCCC)OC(=O)C4=C3C3C4CCNC(N)C4CCC3N3C(=O)C=CC3=O)C21. The standard InChI is InChI=1S/C37H45N3O6/c1-3-5-7-25-23-10-9-21-19-15-17-37(32(21)31(23)35(43)45-25)26(8-6-4-2)46-36(44)33(37)30(19)29-20-16-18-39-34(38)22(20)11-12-24(29)40-27(41)13-14-28(40)42/h7-8,13-14,19-22,24,29,32,34,39H,3-6,9-12,15-18,38H2,1-2H3. The first-order valence-corrected chi connectivity index (χ1v) is 17.7. The van der Waals surface area contributed by atoms with Gasteiger partial charge in [-0.3, -0.25) is 14.5 Å².